The highest BCUT2D eigenvalue weighted by molar-refractivity contribution is 14.1. The molecule has 18 heavy (non-hydrogen) atoms. The largest absolute Gasteiger partial charge is 0.312 e. The first kappa shape index (κ1) is 12.9. The predicted molar refractivity (Wildman–Crippen MR) is 83.6 cm³/mol. The van der Waals surface area contributed by atoms with E-state index in [0.717, 1.165) is 18.6 Å². The Balaban J connectivity index is 1.54. The minimum Gasteiger partial charge on any atom is -0.312 e. The van der Waals surface area contributed by atoms with Crippen LogP contribution >= 0.6 is 22.6 Å². The van der Waals surface area contributed by atoms with Gasteiger partial charge in [0.25, 0.3) is 0 Å². The zero-order valence-corrected chi connectivity index (χ0v) is 12.9. The fraction of sp³-hybridized carbons (Fsp3) is 0.600. The molecule has 3 heteroatoms. The molecule has 1 aromatic carbocycles. The van der Waals surface area contributed by atoms with Gasteiger partial charge in [0.15, 0.2) is 0 Å². The molecule has 1 aliphatic carbocycles. The summed E-state index contributed by atoms with van der Waals surface area (Å²) in [7, 11) is 0. The van der Waals surface area contributed by atoms with E-state index < -0.39 is 0 Å². The number of nitrogens with one attached hydrogen (secondary N) is 1. The van der Waals surface area contributed by atoms with Gasteiger partial charge in [0.05, 0.1) is 0 Å². The van der Waals surface area contributed by atoms with E-state index in [1.807, 2.05) is 0 Å². The maximum atomic E-state index is 3.68. The van der Waals surface area contributed by atoms with Crippen LogP contribution in [-0.4, -0.2) is 30.1 Å². The number of hydrogen-bond donors (Lipinski definition) is 1. The lowest BCUT2D eigenvalue weighted by molar-refractivity contribution is 0.239. The molecule has 2 fully saturated rings. The van der Waals surface area contributed by atoms with Crippen LogP contribution in [0.4, 0.5) is 0 Å². The molecule has 98 valence electrons. The zero-order valence-electron chi connectivity index (χ0n) is 10.7. The van der Waals surface area contributed by atoms with E-state index in [2.05, 4.69) is 57.1 Å². The Morgan fingerprint density at radius 1 is 1.17 bits per heavy atom. The molecule has 1 N–H and O–H groups in total. The monoisotopic (exact) mass is 356 g/mol. The molecule has 1 saturated carbocycles. The quantitative estimate of drug-likeness (QED) is 0.816. The van der Waals surface area contributed by atoms with Gasteiger partial charge in [0.1, 0.15) is 0 Å². The summed E-state index contributed by atoms with van der Waals surface area (Å²) in [5, 5.41) is 3.68. The van der Waals surface area contributed by atoms with Gasteiger partial charge < -0.3 is 5.32 Å². The molecular weight excluding hydrogens is 335 g/mol. The second kappa shape index (κ2) is 5.88. The summed E-state index contributed by atoms with van der Waals surface area (Å²) < 4.78 is 1.32. The Morgan fingerprint density at radius 3 is 2.67 bits per heavy atom. The fourth-order valence-electron chi connectivity index (χ4n) is 2.75. The first-order valence-electron chi connectivity index (χ1n) is 7.03. The Morgan fingerprint density at radius 2 is 1.94 bits per heavy atom. The summed E-state index contributed by atoms with van der Waals surface area (Å²) in [6.07, 6.45) is 5.51. The standard InChI is InChI=1S/C15H21IN2/c16-13-5-3-12(4-6-13)11-18-9-1-2-15(18)10-17-14-7-8-14/h3-6,14-15,17H,1-2,7-11H2. The van der Waals surface area contributed by atoms with Crippen molar-refractivity contribution in [3.8, 4) is 0 Å². The number of rotatable bonds is 5. The van der Waals surface area contributed by atoms with Crippen molar-refractivity contribution >= 4 is 22.6 Å². The third-order valence-corrected chi connectivity index (χ3v) is 4.74. The molecule has 2 nitrogen and oxygen atoms in total. The maximum absolute atomic E-state index is 3.68. The topological polar surface area (TPSA) is 15.3 Å². The van der Waals surface area contributed by atoms with Crippen molar-refractivity contribution in [1.82, 2.24) is 10.2 Å². The van der Waals surface area contributed by atoms with Gasteiger partial charge >= 0.3 is 0 Å². The minimum absolute atomic E-state index is 0.755. The van der Waals surface area contributed by atoms with E-state index in [-0.39, 0.29) is 0 Å². The maximum Gasteiger partial charge on any atom is 0.0237 e. The Bertz CT molecular complexity index is 386. The summed E-state index contributed by atoms with van der Waals surface area (Å²) >= 11 is 2.37. The van der Waals surface area contributed by atoms with Gasteiger partial charge in [0, 0.05) is 28.7 Å². The number of benzene rings is 1. The van der Waals surface area contributed by atoms with Crippen LogP contribution in [0.2, 0.25) is 0 Å². The van der Waals surface area contributed by atoms with E-state index >= 15 is 0 Å². The molecule has 1 aliphatic heterocycles. The van der Waals surface area contributed by atoms with Crippen LogP contribution < -0.4 is 5.32 Å². The lowest BCUT2D eigenvalue weighted by Gasteiger charge is -2.25. The Labute approximate surface area is 123 Å². The second-order valence-electron chi connectivity index (χ2n) is 5.58. The Hall–Kier alpha value is -0.130. The SMILES string of the molecule is Ic1ccc(CN2CCCC2CNC2CC2)cc1. The van der Waals surface area contributed by atoms with E-state index in [1.54, 1.807) is 0 Å². The highest BCUT2D eigenvalue weighted by Gasteiger charge is 2.27. The summed E-state index contributed by atoms with van der Waals surface area (Å²) in [5.41, 5.74) is 1.45. The molecule has 1 heterocycles. The lowest BCUT2D eigenvalue weighted by atomic mass is 10.2. The van der Waals surface area contributed by atoms with Crippen molar-refractivity contribution in [3.05, 3.63) is 33.4 Å². The van der Waals surface area contributed by atoms with Crippen LogP contribution in [0.3, 0.4) is 0 Å². The molecule has 1 aromatic rings. The molecule has 1 saturated heterocycles. The normalized spacial score (nSPS) is 24.6. The molecule has 0 aromatic heterocycles. The van der Waals surface area contributed by atoms with Crippen molar-refractivity contribution in [2.75, 3.05) is 13.1 Å². The molecule has 3 rings (SSSR count). The number of likely N-dealkylation sites (tertiary alicyclic amines) is 1. The minimum atomic E-state index is 0.755. The Kier molecular flexibility index (Phi) is 4.21. The number of halogens is 1. The zero-order chi connectivity index (χ0) is 12.4. The van der Waals surface area contributed by atoms with Crippen molar-refractivity contribution < 1.29 is 0 Å². The van der Waals surface area contributed by atoms with Crippen LogP contribution in [0.25, 0.3) is 0 Å². The van der Waals surface area contributed by atoms with Crippen LogP contribution in [0.1, 0.15) is 31.2 Å². The molecule has 0 radical (unpaired) electrons. The van der Waals surface area contributed by atoms with E-state index in [1.165, 1.54) is 47.9 Å². The molecule has 0 spiro atoms. The molecule has 1 unspecified atom stereocenters. The summed E-state index contributed by atoms with van der Waals surface area (Å²) in [4.78, 5) is 2.65. The van der Waals surface area contributed by atoms with Crippen molar-refractivity contribution in [2.45, 2.75) is 44.3 Å². The first-order valence-corrected chi connectivity index (χ1v) is 8.11. The second-order valence-corrected chi connectivity index (χ2v) is 6.82. The molecular formula is C15H21IN2. The van der Waals surface area contributed by atoms with Gasteiger partial charge in [-0.25, -0.2) is 0 Å². The average Bonchev–Trinajstić information content (AvgIpc) is 3.11. The highest BCUT2D eigenvalue weighted by Crippen LogP contribution is 2.23. The van der Waals surface area contributed by atoms with Gasteiger partial charge in [0.2, 0.25) is 0 Å². The van der Waals surface area contributed by atoms with Crippen molar-refractivity contribution in [1.29, 1.82) is 0 Å². The summed E-state index contributed by atoms with van der Waals surface area (Å²) in [6, 6.07) is 10.6. The first-order chi connectivity index (χ1) is 8.81. The smallest absolute Gasteiger partial charge is 0.0237 e. The third kappa shape index (κ3) is 3.45. The highest BCUT2D eigenvalue weighted by atomic mass is 127. The van der Waals surface area contributed by atoms with Crippen LogP contribution in [0, 0.1) is 3.57 Å². The van der Waals surface area contributed by atoms with Gasteiger partial charge in [-0.1, -0.05) is 12.1 Å². The van der Waals surface area contributed by atoms with Gasteiger partial charge in [-0.05, 0) is 72.5 Å². The van der Waals surface area contributed by atoms with Crippen molar-refractivity contribution in [2.24, 2.45) is 0 Å². The summed E-state index contributed by atoms with van der Waals surface area (Å²) in [5.74, 6) is 0. The molecule has 1 atom stereocenters. The van der Waals surface area contributed by atoms with Crippen LogP contribution in [0.5, 0.6) is 0 Å². The van der Waals surface area contributed by atoms with E-state index in [9.17, 15) is 0 Å². The van der Waals surface area contributed by atoms with Crippen LogP contribution in [-0.2, 0) is 6.54 Å². The summed E-state index contributed by atoms with van der Waals surface area (Å²) in [6.45, 7) is 3.58. The predicted octanol–water partition coefficient (Wildman–Crippen LogP) is 3.01. The number of nitrogens with zero attached hydrogens (tertiary/aromatic N) is 1. The van der Waals surface area contributed by atoms with E-state index in [0.29, 0.717) is 0 Å². The lowest BCUT2D eigenvalue weighted by Crippen LogP contribution is -2.38. The fourth-order valence-corrected chi connectivity index (χ4v) is 3.11. The van der Waals surface area contributed by atoms with Gasteiger partial charge in [-0.3, -0.25) is 4.90 Å². The average molecular weight is 356 g/mol. The molecule has 0 bridgehead atoms. The number of hydrogen-bond acceptors (Lipinski definition) is 2. The van der Waals surface area contributed by atoms with Gasteiger partial charge in [-0.15, -0.1) is 0 Å². The molecule has 0 amide bonds. The van der Waals surface area contributed by atoms with Gasteiger partial charge in [-0.2, -0.15) is 0 Å². The van der Waals surface area contributed by atoms with E-state index in [4.69, 9.17) is 0 Å². The van der Waals surface area contributed by atoms with Crippen molar-refractivity contribution in [3.63, 3.8) is 0 Å². The molecule has 2 aliphatic rings. The third-order valence-electron chi connectivity index (χ3n) is 4.02. The van der Waals surface area contributed by atoms with Crippen LogP contribution in [0.15, 0.2) is 24.3 Å².